The molecule has 2 aromatic carbocycles. The minimum atomic E-state index is -0.900. The van der Waals surface area contributed by atoms with Crippen LogP contribution in [0, 0.1) is 5.92 Å². The van der Waals surface area contributed by atoms with Crippen molar-refractivity contribution in [1.82, 2.24) is 10.2 Å². The van der Waals surface area contributed by atoms with E-state index in [1.165, 1.54) is 4.90 Å². The zero-order chi connectivity index (χ0) is 24.2. The molecule has 0 radical (unpaired) electrons. The first-order chi connectivity index (χ1) is 16.3. The topological polar surface area (TPSA) is 99.2 Å². The van der Waals surface area contributed by atoms with Gasteiger partial charge in [-0.15, -0.1) is 0 Å². The van der Waals surface area contributed by atoms with Gasteiger partial charge in [-0.2, -0.15) is 0 Å². The van der Waals surface area contributed by atoms with E-state index in [2.05, 4.69) is 19.2 Å². The number of anilines is 1. The van der Waals surface area contributed by atoms with Gasteiger partial charge in [0, 0.05) is 18.8 Å². The van der Waals surface area contributed by atoms with Crippen molar-refractivity contribution in [2.24, 2.45) is 5.92 Å². The second-order valence-electron chi connectivity index (χ2n) is 9.29. The lowest BCUT2D eigenvalue weighted by molar-refractivity contribution is -0.118. The molecule has 0 saturated carbocycles. The maximum absolute atomic E-state index is 13.0. The summed E-state index contributed by atoms with van der Waals surface area (Å²) in [5.41, 5.74) is 3.74. The highest BCUT2D eigenvalue weighted by Gasteiger charge is 2.36. The number of carbonyl (C=O) groups is 3. The highest BCUT2D eigenvalue weighted by atomic mass is 16.5. The molecular weight excluding hydrogens is 434 g/mol. The molecule has 1 saturated heterocycles. The summed E-state index contributed by atoms with van der Waals surface area (Å²) in [6.45, 7) is 5.26. The molecule has 2 aromatic rings. The molecule has 8 nitrogen and oxygen atoms in total. The Kier molecular flexibility index (Phi) is 7.05. The zero-order valence-corrected chi connectivity index (χ0v) is 19.6. The number of alkyl carbamates (subject to hydrolysis) is 1. The van der Waals surface area contributed by atoms with E-state index in [4.69, 9.17) is 4.74 Å². The Morgan fingerprint density at radius 2 is 1.91 bits per heavy atom. The van der Waals surface area contributed by atoms with Crippen molar-refractivity contribution in [3.05, 3.63) is 65.2 Å². The number of hydrogen-bond donors (Lipinski definition) is 2. The van der Waals surface area contributed by atoms with Crippen molar-refractivity contribution < 1.29 is 24.2 Å². The summed E-state index contributed by atoms with van der Waals surface area (Å²) in [7, 11) is 0. The van der Waals surface area contributed by atoms with Crippen LogP contribution in [0.5, 0.6) is 0 Å². The van der Waals surface area contributed by atoms with Gasteiger partial charge in [-0.3, -0.25) is 4.79 Å². The van der Waals surface area contributed by atoms with Crippen LogP contribution in [-0.2, 0) is 22.6 Å². The number of rotatable bonds is 6. The third-order valence-electron chi connectivity index (χ3n) is 6.45. The molecule has 8 heteroatoms. The Morgan fingerprint density at radius 3 is 2.62 bits per heavy atom. The third-order valence-corrected chi connectivity index (χ3v) is 6.45. The first-order valence-corrected chi connectivity index (χ1v) is 11.7. The Balaban J connectivity index is 1.41. The zero-order valence-electron chi connectivity index (χ0n) is 19.6. The van der Waals surface area contributed by atoms with Crippen molar-refractivity contribution in [2.75, 3.05) is 18.0 Å². The SMILES string of the molecule is CC(C)CC1c2ccc(N3CC[C@H](NC(=O)OCc4ccccc4)C3=O)cc2CCN1C(=O)O. The number of hydrogen-bond acceptors (Lipinski definition) is 4. The maximum Gasteiger partial charge on any atom is 0.408 e. The Hall–Kier alpha value is -3.55. The molecule has 34 heavy (non-hydrogen) atoms. The number of fused-ring (bicyclic) bond motifs is 1. The lowest BCUT2D eigenvalue weighted by atomic mass is 9.87. The number of carbonyl (C=O) groups excluding carboxylic acids is 2. The molecule has 3 amide bonds. The van der Waals surface area contributed by atoms with Crippen LogP contribution < -0.4 is 10.2 Å². The van der Waals surface area contributed by atoms with Crippen molar-refractivity contribution in [2.45, 2.75) is 51.8 Å². The van der Waals surface area contributed by atoms with Gasteiger partial charge in [0.05, 0.1) is 6.04 Å². The highest BCUT2D eigenvalue weighted by molar-refractivity contribution is 6.01. The van der Waals surface area contributed by atoms with Gasteiger partial charge in [0.15, 0.2) is 0 Å². The smallest absolute Gasteiger partial charge is 0.408 e. The summed E-state index contributed by atoms with van der Waals surface area (Å²) in [5.74, 6) is 0.185. The molecule has 2 aliphatic rings. The fourth-order valence-corrected chi connectivity index (χ4v) is 4.77. The van der Waals surface area contributed by atoms with Crippen LogP contribution >= 0.6 is 0 Å². The Bertz CT molecular complexity index is 1060. The molecule has 2 aliphatic heterocycles. The average Bonchev–Trinajstić information content (AvgIpc) is 3.17. The number of benzene rings is 2. The van der Waals surface area contributed by atoms with Gasteiger partial charge in [0.2, 0.25) is 5.91 Å². The van der Waals surface area contributed by atoms with Gasteiger partial charge >= 0.3 is 12.2 Å². The first-order valence-electron chi connectivity index (χ1n) is 11.7. The van der Waals surface area contributed by atoms with Gasteiger partial charge in [-0.25, -0.2) is 9.59 Å². The monoisotopic (exact) mass is 465 g/mol. The van der Waals surface area contributed by atoms with Crippen molar-refractivity contribution in [1.29, 1.82) is 0 Å². The van der Waals surface area contributed by atoms with Crippen LogP contribution in [0.25, 0.3) is 0 Å². The largest absolute Gasteiger partial charge is 0.465 e. The first kappa shape index (κ1) is 23.6. The average molecular weight is 466 g/mol. The molecule has 0 spiro atoms. The van der Waals surface area contributed by atoms with E-state index in [1.807, 2.05) is 48.5 Å². The Morgan fingerprint density at radius 1 is 1.15 bits per heavy atom. The second-order valence-corrected chi connectivity index (χ2v) is 9.29. The normalized spacial score (nSPS) is 19.8. The minimum Gasteiger partial charge on any atom is -0.465 e. The summed E-state index contributed by atoms with van der Waals surface area (Å²) in [6.07, 6.45) is 0.347. The van der Waals surface area contributed by atoms with Crippen molar-refractivity contribution >= 4 is 23.8 Å². The second kappa shape index (κ2) is 10.2. The number of ether oxygens (including phenoxy) is 1. The predicted molar refractivity (Wildman–Crippen MR) is 128 cm³/mol. The van der Waals surface area contributed by atoms with E-state index in [0.717, 1.165) is 28.8 Å². The summed E-state index contributed by atoms with van der Waals surface area (Å²) >= 11 is 0. The molecule has 180 valence electrons. The number of amides is 3. The predicted octanol–water partition coefficient (Wildman–Crippen LogP) is 4.34. The minimum absolute atomic E-state index is 0.146. The van der Waals surface area contributed by atoms with Gasteiger partial charge in [0.25, 0.3) is 0 Å². The van der Waals surface area contributed by atoms with Crippen molar-refractivity contribution in [3.8, 4) is 0 Å². The van der Waals surface area contributed by atoms with Crippen LogP contribution in [0.1, 0.15) is 49.4 Å². The Labute approximate surface area is 199 Å². The fourth-order valence-electron chi connectivity index (χ4n) is 4.77. The molecular formula is C26H31N3O5. The van der Waals surface area contributed by atoms with Gasteiger partial charge in [0.1, 0.15) is 12.6 Å². The van der Waals surface area contributed by atoms with E-state index < -0.39 is 18.2 Å². The van der Waals surface area contributed by atoms with E-state index in [0.29, 0.717) is 31.8 Å². The summed E-state index contributed by atoms with van der Waals surface area (Å²) in [4.78, 5) is 40.2. The third kappa shape index (κ3) is 5.16. The standard InChI is InChI=1S/C26H31N3O5/c1-17(2)14-23-21-9-8-20(15-19(21)10-12-29(23)26(32)33)28-13-11-22(24(28)30)27-25(31)34-16-18-6-4-3-5-7-18/h3-9,15,17,22-23H,10-14,16H2,1-2H3,(H,27,31)(H,32,33)/t22-,23?/m0/s1. The highest BCUT2D eigenvalue weighted by Crippen LogP contribution is 2.37. The summed E-state index contributed by atoms with van der Waals surface area (Å²) < 4.78 is 5.25. The number of carboxylic acid groups (broad SMARTS) is 1. The molecule has 1 fully saturated rings. The molecule has 1 unspecified atom stereocenters. The molecule has 0 aromatic heterocycles. The molecule has 2 heterocycles. The van der Waals surface area contributed by atoms with Crippen LogP contribution in [0.2, 0.25) is 0 Å². The molecule has 4 rings (SSSR count). The lowest BCUT2D eigenvalue weighted by Crippen LogP contribution is -2.42. The quantitative estimate of drug-likeness (QED) is 0.661. The number of nitrogens with one attached hydrogen (secondary N) is 1. The molecule has 2 N–H and O–H groups in total. The van der Waals surface area contributed by atoms with E-state index in [1.54, 1.807) is 4.90 Å². The van der Waals surface area contributed by atoms with Crippen LogP contribution in [0.4, 0.5) is 15.3 Å². The van der Waals surface area contributed by atoms with Gasteiger partial charge < -0.3 is 25.0 Å². The van der Waals surface area contributed by atoms with Crippen LogP contribution in [0.15, 0.2) is 48.5 Å². The van der Waals surface area contributed by atoms with E-state index in [9.17, 15) is 19.5 Å². The van der Waals surface area contributed by atoms with Crippen molar-refractivity contribution in [3.63, 3.8) is 0 Å². The van der Waals surface area contributed by atoms with Crippen LogP contribution in [-0.4, -0.2) is 47.2 Å². The van der Waals surface area contributed by atoms with E-state index >= 15 is 0 Å². The fraction of sp³-hybridized carbons (Fsp3) is 0.423. The van der Waals surface area contributed by atoms with Crippen LogP contribution in [0.3, 0.4) is 0 Å². The lowest BCUT2D eigenvalue weighted by Gasteiger charge is -2.37. The number of nitrogens with zero attached hydrogens (tertiary/aromatic N) is 2. The molecule has 0 aliphatic carbocycles. The van der Waals surface area contributed by atoms with Gasteiger partial charge in [-0.1, -0.05) is 50.2 Å². The van der Waals surface area contributed by atoms with E-state index in [-0.39, 0.29) is 18.6 Å². The molecule has 0 bridgehead atoms. The van der Waals surface area contributed by atoms with Gasteiger partial charge in [-0.05, 0) is 54.0 Å². The summed E-state index contributed by atoms with van der Waals surface area (Å²) in [5, 5.41) is 12.3. The summed E-state index contributed by atoms with van der Waals surface area (Å²) in [6, 6.07) is 14.4. The molecule has 2 atom stereocenters. The maximum atomic E-state index is 13.0.